The first-order valence-corrected chi connectivity index (χ1v) is 10.9. The van der Waals surface area contributed by atoms with Crippen LogP contribution in [0.1, 0.15) is 47.8 Å². The van der Waals surface area contributed by atoms with E-state index in [9.17, 15) is 4.79 Å². The number of nitrogens with zero attached hydrogens (tertiary/aromatic N) is 2. The van der Waals surface area contributed by atoms with Crippen LogP contribution in [0.2, 0.25) is 0 Å². The van der Waals surface area contributed by atoms with Gasteiger partial charge in [0.15, 0.2) is 0 Å². The Morgan fingerprint density at radius 2 is 1.61 bits per heavy atom. The highest BCUT2D eigenvalue weighted by Crippen LogP contribution is 2.30. The maximum absolute atomic E-state index is 13.7. The monoisotopic (exact) mass is 420 g/mol. The molecule has 0 atom stereocenters. The van der Waals surface area contributed by atoms with Crippen molar-refractivity contribution in [3.63, 3.8) is 0 Å². The maximum Gasteiger partial charge on any atom is 0.261 e. The molecule has 0 aliphatic carbocycles. The number of hydrogen-bond acceptors (Lipinski definition) is 3. The number of carbonyl (C=O) groups is 1. The Kier molecular flexibility index (Phi) is 8.16. The van der Waals surface area contributed by atoms with E-state index >= 15 is 0 Å². The second-order valence-corrected chi connectivity index (χ2v) is 7.58. The van der Waals surface area contributed by atoms with Gasteiger partial charge in [0.25, 0.3) is 5.91 Å². The topological polar surface area (TPSA) is 43.7 Å². The molecule has 1 heterocycles. The molecule has 164 valence electrons. The van der Waals surface area contributed by atoms with Crippen molar-refractivity contribution in [2.45, 2.75) is 39.3 Å². The number of carbonyl (C=O) groups excluding carboxylic acids is 1. The Balaban J connectivity index is 1.88. The molecule has 0 radical (unpaired) electrons. The predicted molar refractivity (Wildman–Crippen MR) is 124 cm³/mol. The van der Waals surface area contributed by atoms with Crippen LogP contribution in [0.4, 0.5) is 0 Å². The van der Waals surface area contributed by atoms with Crippen molar-refractivity contribution < 1.29 is 14.3 Å². The number of unbranched alkanes of at least 4 members (excludes halogenated alkanes) is 2. The lowest BCUT2D eigenvalue weighted by Gasteiger charge is -2.25. The van der Waals surface area contributed by atoms with Crippen LogP contribution in [-0.2, 0) is 13.1 Å². The fourth-order valence-electron chi connectivity index (χ4n) is 3.75. The molecule has 0 saturated heterocycles. The summed E-state index contributed by atoms with van der Waals surface area (Å²) in [4.78, 5) is 15.6. The summed E-state index contributed by atoms with van der Waals surface area (Å²) in [5.41, 5.74) is 2.81. The summed E-state index contributed by atoms with van der Waals surface area (Å²) >= 11 is 0. The van der Waals surface area contributed by atoms with E-state index in [1.54, 1.807) is 26.4 Å². The minimum Gasteiger partial charge on any atom is -0.496 e. The first-order chi connectivity index (χ1) is 15.2. The molecule has 1 aromatic heterocycles. The standard InChI is InChI=1S/C26H32N2O3/c1-4-5-9-17-28(26(29)25-23(30-2)15-10-16-24(25)31-3)20-22-14-11-18-27(22)19-21-12-7-6-8-13-21/h6-8,10-16,18H,4-5,9,17,19-20H2,1-3H3. The van der Waals surface area contributed by atoms with Crippen LogP contribution >= 0.6 is 0 Å². The fraction of sp³-hybridized carbons (Fsp3) is 0.346. The third kappa shape index (κ3) is 5.69. The molecule has 2 aromatic carbocycles. The molecule has 0 aliphatic heterocycles. The van der Waals surface area contributed by atoms with Gasteiger partial charge in [-0.2, -0.15) is 0 Å². The largest absolute Gasteiger partial charge is 0.496 e. The Labute approximate surface area is 185 Å². The summed E-state index contributed by atoms with van der Waals surface area (Å²) in [6.45, 7) is 4.16. The Hall–Kier alpha value is -3.21. The van der Waals surface area contributed by atoms with Crippen LogP contribution in [0.5, 0.6) is 11.5 Å². The molecule has 0 N–H and O–H groups in total. The second kappa shape index (κ2) is 11.3. The zero-order chi connectivity index (χ0) is 22.1. The van der Waals surface area contributed by atoms with Crippen molar-refractivity contribution in [3.8, 4) is 11.5 Å². The summed E-state index contributed by atoms with van der Waals surface area (Å²) in [6.07, 6.45) is 5.21. The quantitative estimate of drug-likeness (QED) is 0.391. The smallest absolute Gasteiger partial charge is 0.261 e. The summed E-state index contributed by atoms with van der Waals surface area (Å²) < 4.78 is 13.2. The lowest BCUT2D eigenvalue weighted by Crippen LogP contribution is -2.33. The van der Waals surface area contributed by atoms with Gasteiger partial charge in [0.05, 0.1) is 20.8 Å². The average molecular weight is 421 g/mol. The highest BCUT2D eigenvalue weighted by atomic mass is 16.5. The number of ether oxygens (including phenoxy) is 2. The van der Waals surface area contributed by atoms with Gasteiger partial charge in [-0.15, -0.1) is 0 Å². The van der Waals surface area contributed by atoms with Crippen LogP contribution in [0.25, 0.3) is 0 Å². The maximum atomic E-state index is 13.7. The van der Waals surface area contributed by atoms with Crippen LogP contribution < -0.4 is 9.47 Å². The lowest BCUT2D eigenvalue weighted by molar-refractivity contribution is 0.0729. The molecular weight excluding hydrogens is 388 g/mol. The van der Waals surface area contributed by atoms with E-state index in [-0.39, 0.29) is 5.91 Å². The number of hydrogen-bond donors (Lipinski definition) is 0. The van der Waals surface area contributed by atoms with E-state index in [4.69, 9.17) is 9.47 Å². The highest BCUT2D eigenvalue weighted by molar-refractivity contribution is 5.99. The molecule has 5 heteroatoms. The average Bonchev–Trinajstić information content (AvgIpc) is 3.24. The van der Waals surface area contributed by atoms with Gasteiger partial charge in [-0.05, 0) is 36.2 Å². The van der Waals surface area contributed by atoms with Gasteiger partial charge in [0.1, 0.15) is 17.1 Å². The van der Waals surface area contributed by atoms with Gasteiger partial charge in [-0.1, -0.05) is 56.2 Å². The Morgan fingerprint density at radius 1 is 0.903 bits per heavy atom. The van der Waals surface area contributed by atoms with Gasteiger partial charge in [0, 0.05) is 25.0 Å². The van der Waals surface area contributed by atoms with Crippen LogP contribution in [-0.4, -0.2) is 36.1 Å². The first-order valence-electron chi connectivity index (χ1n) is 10.9. The molecule has 3 rings (SSSR count). The van der Waals surface area contributed by atoms with Crippen LogP contribution in [0.15, 0.2) is 66.9 Å². The summed E-state index contributed by atoms with van der Waals surface area (Å²) in [7, 11) is 3.16. The third-order valence-electron chi connectivity index (χ3n) is 5.43. The minimum atomic E-state index is -0.0714. The van der Waals surface area contributed by atoms with Crippen molar-refractivity contribution >= 4 is 5.91 Å². The number of methoxy groups -OCH3 is 2. The van der Waals surface area contributed by atoms with Gasteiger partial charge in [-0.3, -0.25) is 4.79 Å². The zero-order valence-electron chi connectivity index (χ0n) is 18.7. The van der Waals surface area contributed by atoms with Gasteiger partial charge in [0.2, 0.25) is 0 Å². The van der Waals surface area contributed by atoms with E-state index in [0.29, 0.717) is 30.2 Å². The van der Waals surface area contributed by atoms with Crippen molar-refractivity contribution in [1.29, 1.82) is 0 Å². The normalized spacial score (nSPS) is 10.7. The van der Waals surface area contributed by atoms with E-state index in [2.05, 4.69) is 35.9 Å². The molecule has 0 spiro atoms. The summed E-state index contributed by atoms with van der Waals surface area (Å²) in [6, 6.07) is 19.9. The number of benzene rings is 2. The fourth-order valence-corrected chi connectivity index (χ4v) is 3.75. The molecule has 0 fully saturated rings. The molecule has 5 nitrogen and oxygen atoms in total. The summed E-state index contributed by atoms with van der Waals surface area (Å²) in [5.74, 6) is 0.992. The van der Waals surface area contributed by atoms with Gasteiger partial charge in [-0.25, -0.2) is 0 Å². The lowest BCUT2D eigenvalue weighted by atomic mass is 10.1. The van der Waals surface area contributed by atoms with Crippen LogP contribution in [0, 0.1) is 0 Å². The summed E-state index contributed by atoms with van der Waals surface area (Å²) in [5, 5.41) is 0. The second-order valence-electron chi connectivity index (χ2n) is 7.58. The van der Waals surface area contributed by atoms with Crippen molar-refractivity contribution in [1.82, 2.24) is 9.47 Å². The molecule has 1 amide bonds. The molecule has 0 bridgehead atoms. The van der Waals surface area contributed by atoms with E-state index < -0.39 is 0 Å². The molecule has 0 unspecified atom stereocenters. The number of amides is 1. The molecule has 0 saturated carbocycles. The predicted octanol–water partition coefficient (Wildman–Crippen LogP) is 5.39. The zero-order valence-corrected chi connectivity index (χ0v) is 18.7. The Bertz CT molecular complexity index is 944. The minimum absolute atomic E-state index is 0.0714. The number of rotatable bonds is 11. The molecule has 0 aliphatic rings. The van der Waals surface area contributed by atoms with Gasteiger partial charge >= 0.3 is 0 Å². The van der Waals surface area contributed by atoms with Crippen molar-refractivity contribution in [3.05, 3.63) is 83.7 Å². The van der Waals surface area contributed by atoms with Crippen molar-refractivity contribution in [2.75, 3.05) is 20.8 Å². The SMILES string of the molecule is CCCCCN(Cc1cccn1Cc1ccccc1)C(=O)c1c(OC)cccc1OC. The first kappa shape index (κ1) is 22.5. The van der Waals surface area contributed by atoms with Crippen molar-refractivity contribution in [2.24, 2.45) is 0 Å². The highest BCUT2D eigenvalue weighted by Gasteiger charge is 2.24. The van der Waals surface area contributed by atoms with Gasteiger partial charge < -0.3 is 18.9 Å². The molecule has 31 heavy (non-hydrogen) atoms. The number of aromatic nitrogens is 1. The van der Waals surface area contributed by atoms with E-state index in [1.165, 1.54) is 5.56 Å². The third-order valence-corrected chi connectivity index (χ3v) is 5.43. The van der Waals surface area contributed by atoms with E-state index in [1.807, 2.05) is 35.2 Å². The Morgan fingerprint density at radius 3 is 2.26 bits per heavy atom. The molecule has 3 aromatic rings. The van der Waals surface area contributed by atoms with E-state index in [0.717, 1.165) is 31.5 Å². The molecular formula is C26H32N2O3. The van der Waals surface area contributed by atoms with Crippen LogP contribution in [0.3, 0.4) is 0 Å².